The van der Waals surface area contributed by atoms with Gasteiger partial charge in [0.15, 0.2) is 0 Å². The number of rotatable bonds is 8. The monoisotopic (exact) mass is 262 g/mol. The van der Waals surface area contributed by atoms with Gasteiger partial charge < -0.3 is 5.11 Å². The Morgan fingerprint density at radius 3 is 2.00 bits per heavy atom. The predicted octanol–water partition coefficient (Wildman–Crippen LogP) is 5.00. The summed E-state index contributed by atoms with van der Waals surface area (Å²) in [4.78, 5) is 0. The van der Waals surface area contributed by atoms with Crippen molar-refractivity contribution in [2.75, 3.05) is 0 Å². The van der Waals surface area contributed by atoms with Crippen molar-refractivity contribution in [3.63, 3.8) is 0 Å². The van der Waals surface area contributed by atoms with Crippen molar-refractivity contribution in [1.29, 1.82) is 0 Å². The summed E-state index contributed by atoms with van der Waals surface area (Å²) >= 11 is 0. The van der Waals surface area contributed by atoms with Crippen LogP contribution >= 0.6 is 0 Å². The number of aliphatic hydroxyl groups is 1. The molecule has 1 N–H and O–H groups in total. The lowest BCUT2D eigenvalue weighted by atomic mass is 9.78. The quantitative estimate of drug-likeness (QED) is 0.698. The molecule has 0 bridgehead atoms. The topological polar surface area (TPSA) is 20.2 Å². The zero-order chi connectivity index (χ0) is 14.3. The zero-order valence-corrected chi connectivity index (χ0v) is 13.0. The normalized spacial score (nSPS) is 16.3. The Morgan fingerprint density at radius 2 is 1.53 bits per heavy atom. The van der Waals surface area contributed by atoms with E-state index < -0.39 is 0 Å². The van der Waals surface area contributed by atoms with Gasteiger partial charge >= 0.3 is 0 Å². The minimum atomic E-state index is -0.220. The average molecular weight is 262 g/mol. The van der Waals surface area contributed by atoms with Crippen molar-refractivity contribution in [2.24, 2.45) is 11.8 Å². The number of hydrogen-bond acceptors (Lipinski definition) is 1. The molecule has 1 aromatic rings. The third kappa shape index (κ3) is 4.65. The Hall–Kier alpha value is -0.820. The summed E-state index contributed by atoms with van der Waals surface area (Å²) in [5.74, 6) is 1.43. The highest BCUT2D eigenvalue weighted by atomic mass is 16.3. The summed E-state index contributed by atoms with van der Waals surface area (Å²) in [5, 5.41) is 10.7. The molecular formula is C18H30O. The molecule has 0 spiro atoms. The van der Waals surface area contributed by atoms with Gasteiger partial charge in [-0.2, -0.15) is 0 Å². The van der Waals surface area contributed by atoms with E-state index in [2.05, 4.69) is 52.0 Å². The molecule has 1 aromatic carbocycles. The minimum Gasteiger partial charge on any atom is -0.392 e. The molecule has 0 aliphatic carbocycles. The highest BCUT2D eigenvalue weighted by molar-refractivity contribution is 5.21. The second kappa shape index (κ2) is 8.37. The summed E-state index contributed by atoms with van der Waals surface area (Å²) < 4.78 is 0. The van der Waals surface area contributed by atoms with E-state index in [-0.39, 0.29) is 12.0 Å². The molecule has 0 heterocycles. The SMILES string of the molecule is CCC(CC)CC(O)C(c1ccccc1)C(C)CC. The van der Waals surface area contributed by atoms with Crippen LogP contribution in [0.1, 0.15) is 64.9 Å². The Morgan fingerprint density at radius 1 is 0.947 bits per heavy atom. The van der Waals surface area contributed by atoms with Crippen LogP contribution < -0.4 is 0 Å². The maximum Gasteiger partial charge on any atom is 0.0613 e. The van der Waals surface area contributed by atoms with Crippen LogP contribution in [0.2, 0.25) is 0 Å². The first-order valence-corrected chi connectivity index (χ1v) is 7.86. The van der Waals surface area contributed by atoms with Gasteiger partial charge in [0.2, 0.25) is 0 Å². The van der Waals surface area contributed by atoms with Crippen molar-refractivity contribution in [3.05, 3.63) is 35.9 Å². The lowest BCUT2D eigenvalue weighted by Crippen LogP contribution is -2.26. The van der Waals surface area contributed by atoms with E-state index in [4.69, 9.17) is 0 Å². The van der Waals surface area contributed by atoms with E-state index in [0.717, 1.165) is 25.7 Å². The van der Waals surface area contributed by atoms with Crippen molar-refractivity contribution in [1.82, 2.24) is 0 Å². The fourth-order valence-corrected chi connectivity index (χ4v) is 2.97. The maximum atomic E-state index is 10.7. The summed E-state index contributed by atoms with van der Waals surface area (Å²) in [6.07, 6.45) is 4.14. The van der Waals surface area contributed by atoms with Gasteiger partial charge in [-0.25, -0.2) is 0 Å². The average Bonchev–Trinajstić information content (AvgIpc) is 2.45. The fourth-order valence-electron chi connectivity index (χ4n) is 2.97. The molecule has 0 amide bonds. The van der Waals surface area contributed by atoms with Crippen molar-refractivity contribution >= 4 is 0 Å². The van der Waals surface area contributed by atoms with Gasteiger partial charge in [-0.1, -0.05) is 77.3 Å². The first-order chi connectivity index (χ1) is 9.13. The molecule has 0 saturated carbocycles. The third-order valence-corrected chi connectivity index (χ3v) is 4.59. The maximum absolute atomic E-state index is 10.7. The van der Waals surface area contributed by atoms with Crippen LogP contribution in [0.25, 0.3) is 0 Å². The Labute approximate surface area is 119 Å². The van der Waals surface area contributed by atoms with Gasteiger partial charge in [-0.15, -0.1) is 0 Å². The number of benzene rings is 1. The number of hydrogen-bond donors (Lipinski definition) is 1. The van der Waals surface area contributed by atoms with E-state index in [1.807, 2.05) is 6.07 Å². The Bertz CT molecular complexity index is 329. The van der Waals surface area contributed by atoms with Gasteiger partial charge in [0, 0.05) is 5.92 Å². The largest absolute Gasteiger partial charge is 0.392 e. The van der Waals surface area contributed by atoms with Gasteiger partial charge in [0.25, 0.3) is 0 Å². The second-order valence-electron chi connectivity index (χ2n) is 5.81. The highest BCUT2D eigenvalue weighted by Gasteiger charge is 2.27. The smallest absolute Gasteiger partial charge is 0.0613 e. The molecule has 0 radical (unpaired) electrons. The molecule has 0 saturated heterocycles. The van der Waals surface area contributed by atoms with E-state index in [0.29, 0.717) is 11.8 Å². The molecule has 0 aliphatic rings. The molecule has 0 aliphatic heterocycles. The van der Waals surface area contributed by atoms with Gasteiger partial charge in [-0.3, -0.25) is 0 Å². The van der Waals surface area contributed by atoms with Crippen LogP contribution in [-0.4, -0.2) is 11.2 Å². The molecule has 3 atom stereocenters. The molecule has 108 valence electrons. The number of aliphatic hydroxyl groups excluding tert-OH is 1. The van der Waals surface area contributed by atoms with Crippen LogP contribution in [-0.2, 0) is 0 Å². The molecule has 1 rings (SSSR count). The Kier molecular flexibility index (Phi) is 7.15. The van der Waals surface area contributed by atoms with Gasteiger partial charge in [0.05, 0.1) is 6.10 Å². The van der Waals surface area contributed by atoms with E-state index in [9.17, 15) is 5.11 Å². The van der Waals surface area contributed by atoms with Gasteiger partial charge in [0.1, 0.15) is 0 Å². The summed E-state index contributed by atoms with van der Waals surface area (Å²) in [7, 11) is 0. The predicted molar refractivity (Wildman–Crippen MR) is 83.3 cm³/mol. The van der Waals surface area contributed by atoms with Crippen LogP contribution in [0.15, 0.2) is 30.3 Å². The van der Waals surface area contributed by atoms with Gasteiger partial charge in [-0.05, 0) is 23.8 Å². The van der Waals surface area contributed by atoms with Crippen LogP contribution in [0.4, 0.5) is 0 Å². The lowest BCUT2D eigenvalue weighted by Gasteiger charge is -2.30. The Balaban J connectivity index is 2.85. The van der Waals surface area contributed by atoms with E-state index in [1.165, 1.54) is 5.56 Å². The molecule has 1 heteroatoms. The standard InChI is InChI=1S/C18H30O/c1-5-14(4)18(16-11-9-8-10-12-16)17(19)13-15(6-2)7-3/h8-12,14-15,17-19H,5-7,13H2,1-4H3. The molecule has 19 heavy (non-hydrogen) atoms. The molecule has 3 unspecified atom stereocenters. The van der Waals surface area contributed by atoms with Crippen LogP contribution in [0.3, 0.4) is 0 Å². The van der Waals surface area contributed by atoms with E-state index in [1.54, 1.807) is 0 Å². The van der Waals surface area contributed by atoms with Crippen molar-refractivity contribution < 1.29 is 5.11 Å². The molecule has 0 fully saturated rings. The summed E-state index contributed by atoms with van der Waals surface area (Å²) in [6.45, 7) is 8.92. The van der Waals surface area contributed by atoms with Crippen molar-refractivity contribution in [3.8, 4) is 0 Å². The zero-order valence-electron chi connectivity index (χ0n) is 13.0. The van der Waals surface area contributed by atoms with Crippen LogP contribution in [0.5, 0.6) is 0 Å². The molecule has 0 aromatic heterocycles. The van der Waals surface area contributed by atoms with E-state index >= 15 is 0 Å². The molecule has 1 nitrogen and oxygen atoms in total. The highest BCUT2D eigenvalue weighted by Crippen LogP contribution is 2.33. The fraction of sp³-hybridized carbons (Fsp3) is 0.667. The third-order valence-electron chi connectivity index (χ3n) is 4.59. The summed E-state index contributed by atoms with van der Waals surface area (Å²) in [6, 6.07) is 10.5. The lowest BCUT2D eigenvalue weighted by molar-refractivity contribution is 0.0893. The minimum absolute atomic E-state index is 0.220. The first kappa shape index (κ1) is 16.2. The van der Waals surface area contributed by atoms with Crippen molar-refractivity contribution in [2.45, 2.75) is 65.4 Å². The van der Waals surface area contributed by atoms with Crippen LogP contribution in [0, 0.1) is 11.8 Å². The summed E-state index contributed by atoms with van der Waals surface area (Å²) in [5.41, 5.74) is 1.29. The first-order valence-electron chi connectivity index (χ1n) is 7.86. The second-order valence-corrected chi connectivity index (χ2v) is 5.81. The molecular weight excluding hydrogens is 232 g/mol.